The number of carbonyl (C=O) groups is 1. The highest BCUT2D eigenvalue weighted by molar-refractivity contribution is 7.09. The van der Waals surface area contributed by atoms with Crippen LogP contribution < -0.4 is 9.47 Å². The van der Waals surface area contributed by atoms with E-state index < -0.39 is 0 Å². The summed E-state index contributed by atoms with van der Waals surface area (Å²) >= 11 is 1.77. The van der Waals surface area contributed by atoms with Crippen LogP contribution in [0.1, 0.15) is 48.6 Å². The number of benzene rings is 1. The summed E-state index contributed by atoms with van der Waals surface area (Å²) in [5.74, 6) is 1.91. The number of thiophene rings is 1. The molecule has 5 heteroatoms. The van der Waals surface area contributed by atoms with E-state index in [9.17, 15) is 4.79 Å². The van der Waals surface area contributed by atoms with Crippen molar-refractivity contribution >= 4 is 17.2 Å². The molecule has 1 aromatic carbocycles. The van der Waals surface area contributed by atoms with Crippen LogP contribution in [0.5, 0.6) is 11.5 Å². The van der Waals surface area contributed by atoms with Gasteiger partial charge in [-0.05, 0) is 54.8 Å². The SMILES string of the molecule is O=C(CCCc1cccs1)N1CCCC1c1ccc2c(c1)OCCCO2. The van der Waals surface area contributed by atoms with Gasteiger partial charge in [-0.2, -0.15) is 0 Å². The number of aryl methyl sites for hydroxylation is 1. The summed E-state index contributed by atoms with van der Waals surface area (Å²) in [7, 11) is 0. The molecule has 0 saturated carbocycles. The highest BCUT2D eigenvalue weighted by Gasteiger charge is 2.30. The molecule has 1 saturated heterocycles. The highest BCUT2D eigenvalue weighted by atomic mass is 32.1. The van der Waals surface area contributed by atoms with E-state index in [1.807, 2.05) is 6.07 Å². The molecule has 0 radical (unpaired) electrons. The monoisotopic (exact) mass is 371 g/mol. The van der Waals surface area contributed by atoms with Crippen LogP contribution in [0, 0.1) is 0 Å². The Morgan fingerprint density at radius 2 is 2.04 bits per heavy atom. The lowest BCUT2D eigenvalue weighted by molar-refractivity contribution is -0.132. The van der Waals surface area contributed by atoms with Gasteiger partial charge >= 0.3 is 0 Å². The van der Waals surface area contributed by atoms with Gasteiger partial charge in [0.15, 0.2) is 11.5 Å². The van der Waals surface area contributed by atoms with Crippen molar-refractivity contribution in [2.24, 2.45) is 0 Å². The first-order valence-corrected chi connectivity index (χ1v) is 10.4. The van der Waals surface area contributed by atoms with E-state index in [1.54, 1.807) is 11.3 Å². The Hall–Kier alpha value is -2.01. The third-order valence-electron chi connectivity index (χ3n) is 5.12. The fourth-order valence-electron chi connectivity index (χ4n) is 3.81. The predicted molar refractivity (Wildman–Crippen MR) is 103 cm³/mol. The molecule has 4 nitrogen and oxygen atoms in total. The van der Waals surface area contributed by atoms with Crippen LogP contribution in [-0.4, -0.2) is 30.6 Å². The molecule has 4 rings (SSSR count). The van der Waals surface area contributed by atoms with E-state index in [0.717, 1.165) is 50.1 Å². The second kappa shape index (κ2) is 8.12. The van der Waals surface area contributed by atoms with Crippen molar-refractivity contribution in [2.45, 2.75) is 44.6 Å². The molecule has 1 aromatic heterocycles. The number of hydrogen-bond donors (Lipinski definition) is 0. The van der Waals surface area contributed by atoms with Crippen molar-refractivity contribution in [1.82, 2.24) is 4.90 Å². The van der Waals surface area contributed by atoms with Gasteiger partial charge in [-0.15, -0.1) is 11.3 Å². The zero-order valence-corrected chi connectivity index (χ0v) is 15.8. The van der Waals surface area contributed by atoms with Crippen LogP contribution in [0.25, 0.3) is 0 Å². The third-order valence-corrected chi connectivity index (χ3v) is 6.06. The van der Waals surface area contributed by atoms with Crippen LogP contribution in [-0.2, 0) is 11.2 Å². The standard InChI is InChI=1S/C21H25NO3S/c23-21(8-1-5-17-6-3-14-26-17)22-11-2-7-18(22)16-9-10-19-20(15-16)25-13-4-12-24-19/h3,6,9-10,14-15,18H,1-2,4-5,7-8,11-13H2. The topological polar surface area (TPSA) is 38.8 Å². The summed E-state index contributed by atoms with van der Waals surface area (Å²) < 4.78 is 11.5. The molecule has 1 fully saturated rings. The molecule has 1 atom stereocenters. The Morgan fingerprint density at radius 1 is 1.15 bits per heavy atom. The first kappa shape index (κ1) is 17.4. The first-order chi connectivity index (χ1) is 12.8. The zero-order valence-electron chi connectivity index (χ0n) is 15.0. The van der Waals surface area contributed by atoms with Crippen LogP contribution in [0.2, 0.25) is 0 Å². The molecule has 0 N–H and O–H groups in total. The van der Waals surface area contributed by atoms with Crippen molar-refractivity contribution in [3.05, 3.63) is 46.2 Å². The molecule has 0 aliphatic carbocycles. The van der Waals surface area contributed by atoms with Gasteiger partial charge in [-0.25, -0.2) is 0 Å². The summed E-state index contributed by atoms with van der Waals surface area (Å²) in [6.07, 6.45) is 5.53. The number of amides is 1. The Bertz CT molecular complexity index is 744. The largest absolute Gasteiger partial charge is 0.490 e. The van der Waals surface area contributed by atoms with E-state index >= 15 is 0 Å². The number of hydrogen-bond acceptors (Lipinski definition) is 4. The molecule has 2 aliphatic heterocycles. The maximum atomic E-state index is 12.8. The molecule has 0 spiro atoms. The lowest BCUT2D eigenvalue weighted by Gasteiger charge is -2.26. The van der Waals surface area contributed by atoms with E-state index in [0.29, 0.717) is 19.6 Å². The maximum Gasteiger partial charge on any atom is 0.223 e. The quantitative estimate of drug-likeness (QED) is 0.771. The summed E-state index contributed by atoms with van der Waals surface area (Å²) in [6.45, 7) is 2.24. The first-order valence-electron chi connectivity index (χ1n) is 9.52. The van der Waals surface area contributed by atoms with Crippen molar-refractivity contribution in [3.8, 4) is 11.5 Å². The van der Waals surface area contributed by atoms with Gasteiger partial charge in [-0.1, -0.05) is 12.1 Å². The summed E-state index contributed by atoms with van der Waals surface area (Å²) in [6, 6.07) is 10.5. The fourth-order valence-corrected chi connectivity index (χ4v) is 4.56. The molecule has 26 heavy (non-hydrogen) atoms. The molecule has 0 bridgehead atoms. The van der Waals surface area contributed by atoms with E-state index in [4.69, 9.17) is 9.47 Å². The number of carbonyl (C=O) groups excluding carboxylic acids is 1. The minimum absolute atomic E-state index is 0.168. The molecule has 1 unspecified atom stereocenters. The van der Waals surface area contributed by atoms with Gasteiger partial charge in [-0.3, -0.25) is 4.79 Å². The normalized spacial score (nSPS) is 19.4. The molecule has 2 aliphatic rings. The van der Waals surface area contributed by atoms with Crippen LogP contribution >= 0.6 is 11.3 Å². The van der Waals surface area contributed by atoms with Gasteiger partial charge in [0.25, 0.3) is 0 Å². The van der Waals surface area contributed by atoms with Crippen molar-refractivity contribution < 1.29 is 14.3 Å². The lowest BCUT2D eigenvalue weighted by atomic mass is 10.0. The fraction of sp³-hybridized carbons (Fsp3) is 0.476. The average Bonchev–Trinajstić information content (AvgIpc) is 3.29. The molecule has 2 aromatic rings. The van der Waals surface area contributed by atoms with Crippen molar-refractivity contribution in [2.75, 3.05) is 19.8 Å². The van der Waals surface area contributed by atoms with Crippen LogP contribution in [0.3, 0.4) is 0 Å². The second-order valence-corrected chi connectivity index (χ2v) is 7.97. The summed E-state index contributed by atoms with van der Waals surface area (Å²) in [5.41, 5.74) is 1.17. The Labute approximate surface area is 158 Å². The van der Waals surface area contributed by atoms with Gasteiger partial charge in [0.05, 0.1) is 19.3 Å². The molecule has 138 valence electrons. The van der Waals surface area contributed by atoms with Gasteiger partial charge in [0, 0.05) is 24.3 Å². The highest BCUT2D eigenvalue weighted by Crippen LogP contribution is 2.38. The van der Waals surface area contributed by atoms with Gasteiger partial charge < -0.3 is 14.4 Å². The number of likely N-dealkylation sites (tertiary alicyclic amines) is 1. The van der Waals surface area contributed by atoms with Crippen molar-refractivity contribution in [3.63, 3.8) is 0 Å². The molecule has 3 heterocycles. The van der Waals surface area contributed by atoms with E-state index in [2.05, 4.69) is 34.5 Å². The Balaban J connectivity index is 1.41. The lowest BCUT2D eigenvalue weighted by Crippen LogP contribution is -2.30. The molecular formula is C21H25NO3S. The van der Waals surface area contributed by atoms with Crippen molar-refractivity contribution in [1.29, 1.82) is 0 Å². The number of fused-ring (bicyclic) bond motifs is 1. The van der Waals surface area contributed by atoms with E-state index in [1.165, 1.54) is 10.4 Å². The number of rotatable bonds is 5. The predicted octanol–water partition coefficient (Wildman–Crippen LogP) is 4.60. The minimum Gasteiger partial charge on any atom is -0.490 e. The molecular weight excluding hydrogens is 346 g/mol. The van der Waals surface area contributed by atoms with Gasteiger partial charge in [0.2, 0.25) is 5.91 Å². The number of ether oxygens (including phenoxy) is 2. The summed E-state index contributed by atoms with van der Waals surface area (Å²) in [5, 5.41) is 2.10. The Morgan fingerprint density at radius 3 is 2.88 bits per heavy atom. The Kier molecular flexibility index (Phi) is 5.44. The molecule has 1 amide bonds. The van der Waals surface area contributed by atoms with Crippen LogP contribution in [0.15, 0.2) is 35.7 Å². The maximum absolute atomic E-state index is 12.8. The smallest absolute Gasteiger partial charge is 0.223 e. The third kappa shape index (κ3) is 3.88. The number of nitrogens with zero attached hydrogens (tertiary/aromatic N) is 1. The zero-order chi connectivity index (χ0) is 17.8. The van der Waals surface area contributed by atoms with Gasteiger partial charge in [0.1, 0.15) is 0 Å². The average molecular weight is 372 g/mol. The summed E-state index contributed by atoms with van der Waals surface area (Å²) in [4.78, 5) is 16.2. The van der Waals surface area contributed by atoms with Crippen LogP contribution in [0.4, 0.5) is 0 Å². The minimum atomic E-state index is 0.168. The van der Waals surface area contributed by atoms with E-state index in [-0.39, 0.29) is 11.9 Å². The second-order valence-electron chi connectivity index (χ2n) is 6.93.